The summed E-state index contributed by atoms with van der Waals surface area (Å²) in [4.78, 5) is 0. The average molecular weight is 185 g/mol. The molecule has 1 N–H and O–H groups in total. The molecule has 0 aliphatic carbocycles. The molecule has 0 spiro atoms. The zero-order valence-electron chi connectivity index (χ0n) is 6.74. The summed E-state index contributed by atoms with van der Waals surface area (Å²) in [6.07, 6.45) is -1.44. The maximum absolute atomic E-state index is 5.41. The smallest absolute Gasteiger partial charge is 0.0371 e. The van der Waals surface area contributed by atoms with Crippen LogP contribution in [0.3, 0.4) is 0 Å². The third-order valence-corrected chi connectivity index (χ3v) is 4.99. The molecule has 1 rings (SSSR count). The molecule has 0 bridgehead atoms. The quantitative estimate of drug-likeness (QED) is 0.702. The minimum absolute atomic E-state index is 1.25. The highest BCUT2D eigenvalue weighted by atomic mass is 32.4. The summed E-state index contributed by atoms with van der Waals surface area (Å²) >= 11 is 5.41. The van der Waals surface area contributed by atoms with E-state index in [1.807, 2.05) is 25.2 Å². The molecule has 3 heteroatoms. The molecule has 1 nitrogen and oxygen atoms in total. The summed E-state index contributed by atoms with van der Waals surface area (Å²) in [7, 11) is 1.92. The molecule has 11 heavy (non-hydrogen) atoms. The Labute approximate surface area is 72.9 Å². The molecular weight excluding hydrogens is 173 g/mol. The molecule has 0 aromatic heterocycles. The highest BCUT2D eigenvalue weighted by molar-refractivity contribution is 8.16. The summed E-state index contributed by atoms with van der Waals surface area (Å²) in [6.45, 7) is 2.09. The van der Waals surface area contributed by atoms with Gasteiger partial charge in [0.2, 0.25) is 0 Å². The molecule has 0 heterocycles. The van der Waals surface area contributed by atoms with Crippen molar-refractivity contribution in [3.8, 4) is 0 Å². The number of nitrogens with one attached hydrogen (secondary N) is 1. The highest BCUT2D eigenvalue weighted by Crippen LogP contribution is 2.33. The van der Waals surface area contributed by atoms with E-state index in [2.05, 4.69) is 23.9 Å². The zero-order valence-corrected chi connectivity index (χ0v) is 8.45. The molecule has 1 aromatic rings. The predicted octanol–water partition coefficient (Wildman–Crippen LogP) is 1.56. The third kappa shape index (κ3) is 2.13. The second-order valence-electron chi connectivity index (χ2n) is 2.48. The fourth-order valence-corrected chi connectivity index (χ4v) is 2.21. The third-order valence-electron chi connectivity index (χ3n) is 1.68. The van der Waals surface area contributed by atoms with Gasteiger partial charge in [0.1, 0.15) is 0 Å². The maximum atomic E-state index is 5.41. The van der Waals surface area contributed by atoms with Crippen molar-refractivity contribution in [2.24, 2.45) is 0 Å². The Morgan fingerprint density at radius 3 is 2.27 bits per heavy atom. The fraction of sp³-hybridized carbons (Fsp3) is 0.250. The first-order chi connectivity index (χ1) is 5.17. The summed E-state index contributed by atoms with van der Waals surface area (Å²) < 4.78 is 0. The second kappa shape index (κ2) is 3.48. The molecule has 0 radical (unpaired) electrons. The summed E-state index contributed by atoms with van der Waals surface area (Å²) in [6, 6.07) is 10.2. The first-order valence-corrected chi connectivity index (χ1v) is 6.74. The first kappa shape index (κ1) is 8.92. The number of hydrogen-bond acceptors (Lipinski definition) is 1. The number of rotatable bonds is 2. The number of benzene rings is 1. The van der Waals surface area contributed by atoms with E-state index in [-0.39, 0.29) is 0 Å². The molecule has 0 aliphatic rings. The second-order valence-corrected chi connectivity index (χ2v) is 7.49. The standard InChI is InChI=1S/C8H12NPS/c1-9-10(2,11)8-6-4-3-5-7-8/h3-7H,1-2H3,(H,9,11). The van der Waals surface area contributed by atoms with E-state index in [1.54, 1.807) is 0 Å². The van der Waals surface area contributed by atoms with Gasteiger partial charge in [0.25, 0.3) is 0 Å². The van der Waals surface area contributed by atoms with Crippen LogP contribution in [0.4, 0.5) is 0 Å². The SMILES string of the molecule is CNP(C)(=S)c1ccccc1. The van der Waals surface area contributed by atoms with E-state index >= 15 is 0 Å². The van der Waals surface area contributed by atoms with Crippen molar-refractivity contribution in [3.63, 3.8) is 0 Å². The van der Waals surface area contributed by atoms with E-state index in [1.165, 1.54) is 5.30 Å². The van der Waals surface area contributed by atoms with Gasteiger partial charge in [-0.15, -0.1) is 0 Å². The van der Waals surface area contributed by atoms with Crippen LogP contribution in [-0.4, -0.2) is 13.7 Å². The lowest BCUT2D eigenvalue weighted by Crippen LogP contribution is -2.13. The first-order valence-electron chi connectivity index (χ1n) is 3.49. The Hall–Kier alpha value is -0.170. The van der Waals surface area contributed by atoms with Crippen molar-refractivity contribution in [3.05, 3.63) is 30.3 Å². The van der Waals surface area contributed by atoms with Crippen molar-refractivity contribution in [2.45, 2.75) is 0 Å². The molecule has 0 saturated heterocycles. The van der Waals surface area contributed by atoms with Crippen LogP contribution >= 0.6 is 6.19 Å². The van der Waals surface area contributed by atoms with Gasteiger partial charge < -0.3 is 0 Å². The van der Waals surface area contributed by atoms with Crippen LogP contribution in [0.2, 0.25) is 0 Å². The minimum Gasteiger partial charge on any atom is -0.289 e. The monoisotopic (exact) mass is 185 g/mol. The van der Waals surface area contributed by atoms with Crippen LogP contribution in [0.5, 0.6) is 0 Å². The van der Waals surface area contributed by atoms with Gasteiger partial charge >= 0.3 is 0 Å². The van der Waals surface area contributed by atoms with Gasteiger partial charge in [-0.2, -0.15) is 0 Å². The average Bonchev–Trinajstić information content (AvgIpc) is 2.06. The number of hydrogen-bond donors (Lipinski definition) is 1. The van der Waals surface area contributed by atoms with Gasteiger partial charge in [0, 0.05) is 6.19 Å². The molecule has 60 valence electrons. The van der Waals surface area contributed by atoms with Crippen LogP contribution in [0.1, 0.15) is 0 Å². The van der Waals surface area contributed by atoms with Gasteiger partial charge in [0.15, 0.2) is 0 Å². The summed E-state index contributed by atoms with van der Waals surface area (Å²) in [5.41, 5.74) is 0. The van der Waals surface area contributed by atoms with Gasteiger partial charge in [-0.05, 0) is 19.0 Å². The Balaban J connectivity index is 3.03. The van der Waals surface area contributed by atoms with Crippen LogP contribution in [0.25, 0.3) is 0 Å². The predicted molar refractivity (Wildman–Crippen MR) is 55.3 cm³/mol. The lowest BCUT2D eigenvalue weighted by Gasteiger charge is -2.15. The Bertz CT molecular complexity index is 271. The zero-order chi connectivity index (χ0) is 8.32. The van der Waals surface area contributed by atoms with Crippen molar-refractivity contribution in [2.75, 3.05) is 13.7 Å². The van der Waals surface area contributed by atoms with Crippen LogP contribution in [-0.2, 0) is 11.8 Å². The molecule has 1 unspecified atom stereocenters. The van der Waals surface area contributed by atoms with Crippen molar-refractivity contribution < 1.29 is 0 Å². The van der Waals surface area contributed by atoms with Gasteiger partial charge in [0.05, 0.1) is 0 Å². The fourth-order valence-electron chi connectivity index (χ4n) is 0.842. The van der Waals surface area contributed by atoms with Gasteiger partial charge in [-0.1, -0.05) is 42.1 Å². The summed E-state index contributed by atoms with van der Waals surface area (Å²) in [5.74, 6) is 0. The van der Waals surface area contributed by atoms with Crippen molar-refractivity contribution in [1.29, 1.82) is 0 Å². The normalized spacial score (nSPS) is 15.8. The van der Waals surface area contributed by atoms with E-state index in [0.29, 0.717) is 0 Å². The molecule has 0 amide bonds. The van der Waals surface area contributed by atoms with Crippen molar-refractivity contribution >= 4 is 23.3 Å². The lowest BCUT2D eigenvalue weighted by molar-refractivity contribution is 1.27. The molecule has 1 aromatic carbocycles. The van der Waals surface area contributed by atoms with Gasteiger partial charge in [-0.25, -0.2) is 0 Å². The van der Waals surface area contributed by atoms with Crippen LogP contribution in [0.15, 0.2) is 30.3 Å². The Kier molecular flexibility index (Phi) is 2.83. The lowest BCUT2D eigenvalue weighted by atomic mass is 10.4. The largest absolute Gasteiger partial charge is 0.289 e. The minimum atomic E-state index is -1.44. The molecule has 0 saturated carbocycles. The van der Waals surface area contributed by atoms with Crippen LogP contribution < -0.4 is 10.4 Å². The van der Waals surface area contributed by atoms with E-state index in [0.717, 1.165) is 0 Å². The topological polar surface area (TPSA) is 12.0 Å². The molecular formula is C8H12NPS. The maximum Gasteiger partial charge on any atom is 0.0371 e. The Morgan fingerprint density at radius 2 is 1.82 bits per heavy atom. The molecule has 1 atom stereocenters. The van der Waals surface area contributed by atoms with E-state index in [4.69, 9.17) is 11.8 Å². The molecule has 0 aliphatic heterocycles. The van der Waals surface area contributed by atoms with E-state index < -0.39 is 6.19 Å². The van der Waals surface area contributed by atoms with Gasteiger partial charge in [-0.3, -0.25) is 5.09 Å². The van der Waals surface area contributed by atoms with Crippen molar-refractivity contribution in [1.82, 2.24) is 5.09 Å². The summed E-state index contributed by atoms with van der Waals surface area (Å²) in [5, 5.41) is 4.43. The molecule has 0 fully saturated rings. The Morgan fingerprint density at radius 1 is 1.27 bits per heavy atom. The van der Waals surface area contributed by atoms with E-state index in [9.17, 15) is 0 Å². The highest BCUT2D eigenvalue weighted by Gasteiger charge is 2.07. The van der Waals surface area contributed by atoms with Crippen LogP contribution in [0, 0.1) is 0 Å².